The van der Waals surface area contributed by atoms with Crippen LogP contribution in [0.4, 0.5) is 5.69 Å². The van der Waals surface area contributed by atoms with Crippen molar-refractivity contribution in [1.29, 1.82) is 0 Å². The number of methoxy groups -OCH3 is 2. The van der Waals surface area contributed by atoms with Gasteiger partial charge in [0.2, 0.25) is 0 Å². The third-order valence-electron chi connectivity index (χ3n) is 4.85. The van der Waals surface area contributed by atoms with Crippen molar-refractivity contribution in [1.82, 2.24) is 10.2 Å². The Morgan fingerprint density at radius 1 is 1.00 bits per heavy atom. The lowest BCUT2D eigenvalue weighted by molar-refractivity contribution is -0.118. The van der Waals surface area contributed by atoms with Crippen molar-refractivity contribution in [3.8, 4) is 17.2 Å². The van der Waals surface area contributed by atoms with Crippen LogP contribution in [0, 0.1) is 0 Å². The summed E-state index contributed by atoms with van der Waals surface area (Å²) in [4.78, 5) is 27.1. The maximum absolute atomic E-state index is 12.6. The van der Waals surface area contributed by atoms with Crippen LogP contribution in [0.15, 0.2) is 36.4 Å². The molecule has 0 fully saturated rings. The second kappa shape index (κ2) is 14.5. The van der Waals surface area contributed by atoms with E-state index < -0.39 is 5.91 Å². The summed E-state index contributed by atoms with van der Waals surface area (Å²) in [6.45, 7) is 7.01. The fourth-order valence-corrected chi connectivity index (χ4v) is 3.18. The average molecular weight is 500 g/mol. The average Bonchev–Trinajstić information content (AvgIpc) is 2.81. The Kier molecular flexibility index (Phi) is 12.4. The van der Waals surface area contributed by atoms with Crippen LogP contribution in [0.5, 0.6) is 17.2 Å². The maximum Gasteiger partial charge on any atom is 0.262 e. The highest BCUT2D eigenvalue weighted by molar-refractivity contribution is 6.34. The van der Waals surface area contributed by atoms with E-state index in [1.807, 2.05) is 0 Å². The van der Waals surface area contributed by atoms with E-state index in [0.29, 0.717) is 35.0 Å². The van der Waals surface area contributed by atoms with Crippen molar-refractivity contribution in [3.63, 3.8) is 0 Å². The minimum atomic E-state index is -0.402. The number of hydrogen-bond acceptors (Lipinski definition) is 6. The lowest BCUT2D eigenvalue weighted by Crippen LogP contribution is -2.35. The van der Waals surface area contributed by atoms with Crippen molar-refractivity contribution in [2.45, 2.75) is 13.8 Å². The Morgan fingerprint density at radius 2 is 1.64 bits per heavy atom. The first-order valence-electron chi connectivity index (χ1n) is 10.4. The molecule has 182 valence electrons. The van der Waals surface area contributed by atoms with Crippen LogP contribution in [0.1, 0.15) is 24.2 Å². The van der Waals surface area contributed by atoms with Crippen molar-refractivity contribution < 1.29 is 23.8 Å². The molecule has 0 atom stereocenters. The Hall–Kier alpha value is -2.68. The van der Waals surface area contributed by atoms with E-state index in [0.717, 1.165) is 19.6 Å². The summed E-state index contributed by atoms with van der Waals surface area (Å²) in [5.74, 6) is 0.832. The fraction of sp³-hybridized carbons (Fsp3) is 0.391. The van der Waals surface area contributed by atoms with Crippen LogP contribution in [-0.4, -0.2) is 63.7 Å². The molecule has 0 aliphatic rings. The quantitative estimate of drug-likeness (QED) is 0.460. The zero-order chi connectivity index (χ0) is 23.5. The number of likely N-dealkylation sites (N-methyl/N-ethyl adjacent to an activating group) is 1. The number of anilines is 1. The van der Waals surface area contributed by atoms with Crippen molar-refractivity contribution in [2.24, 2.45) is 0 Å². The number of halogens is 2. The molecule has 2 aromatic carbocycles. The molecule has 2 aromatic rings. The molecule has 0 saturated heterocycles. The summed E-state index contributed by atoms with van der Waals surface area (Å²) in [7, 11) is 3.02. The molecule has 0 aliphatic heterocycles. The predicted octanol–water partition coefficient (Wildman–Crippen LogP) is 3.87. The minimum absolute atomic E-state index is 0. The number of ether oxygens (including phenoxy) is 3. The van der Waals surface area contributed by atoms with Gasteiger partial charge in [-0.2, -0.15) is 0 Å². The first-order chi connectivity index (χ1) is 15.4. The van der Waals surface area contributed by atoms with Crippen LogP contribution in [0.2, 0.25) is 5.02 Å². The van der Waals surface area contributed by atoms with Gasteiger partial charge in [-0.1, -0.05) is 25.4 Å². The van der Waals surface area contributed by atoms with Crippen LogP contribution in [-0.2, 0) is 4.79 Å². The lowest BCUT2D eigenvalue weighted by atomic mass is 10.1. The normalized spacial score (nSPS) is 10.2. The highest BCUT2D eigenvalue weighted by atomic mass is 35.5. The van der Waals surface area contributed by atoms with E-state index in [1.165, 1.54) is 19.2 Å². The molecule has 33 heavy (non-hydrogen) atoms. The highest BCUT2D eigenvalue weighted by Gasteiger charge is 2.17. The summed E-state index contributed by atoms with van der Waals surface area (Å²) in [6, 6.07) is 9.88. The van der Waals surface area contributed by atoms with E-state index in [2.05, 4.69) is 29.4 Å². The number of benzene rings is 2. The van der Waals surface area contributed by atoms with Crippen molar-refractivity contribution in [3.05, 3.63) is 47.0 Å². The number of nitrogens with zero attached hydrogens (tertiary/aromatic N) is 1. The van der Waals surface area contributed by atoms with Gasteiger partial charge in [0.25, 0.3) is 11.8 Å². The summed E-state index contributed by atoms with van der Waals surface area (Å²) < 4.78 is 15.9. The zero-order valence-corrected chi connectivity index (χ0v) is 20.8. The van der Waals surface area contributed by atoms with Gasteiger partial charge in [-0.15, -0.1) is 12.4 Å². The van der Waals surface area contributed by atoms with Crippen molar-refractivity contribution >= 4 is 41.5 Å². The number of amides is 2. The van der Waals surface area contributed by atoms with Gasteiger partial charge in [0.15, 0.2) is 6.61 Å². The van der Waals surface area contributed by atoms with Crippen molar-refractivity contribution in [2.75, 3.05) is 52.3 Å². The van der Waals surface area contributed by atoms with Crippen LogP contribution < -0.4 is 24.8 Å². The van der Waals surface area contributed by atoms with E-state index in [9.17, 15) is 9.59 Å². The summed E-state index contributed by atoms with van der Waals surface area (Å²) in [6.07, 6.45) is 0. The second-order valence-corrected chi connectivity index (χ2v) is 7.23. The molecule has 0 bridgehead atoms. The number of hydrogen-bond donors (Lipinski definition) is 2. The summed E-state index contributed by atoms with van der Waals surface area (Å²) in [5.41, 5.74) is 0.621. The van der Waals surface area contributed by atoms with E-state index >= 15 is 0 Å². The minimum Gasteiger partial charge on any atom is -0.497 e. The lowest BCUT2D eigenvalue weighted by Gasteiger charge is -2.18. The van der Waals surface area contributed by atoms with Gasteiger partial charge in [-0.05, 0) is 43.4 Å². The molecule has 0 aliphatic carbocycles. The highest BCUT2D eigenvalue weighted by Crippen LogP contribution is 2.31. The zero-order valence-electron chi connectivity index (χ0n) is 19.3. The maximum atomic E-state index is 12.6. The first kappa shape index (κ1) is 28.4. The van der Waals surface area contributed by atoms with Gasteiger partial charge in [-0.25, -0.2) is 0 Å². The Bertz CT molecular complexity index is 906. The molecule has 0 unspecified atom stereocenters. The molecule has 2 rings (SSSR count). The number of nitrogens with one attached hydrogen (secondary N) is 2. The Morgan fingerprint density at radius 3 is 2.21 bits per heavy atom. The predicted molar refractivity (Wildman–Crippen MR) is 132 cm³/mol. The van der Waals surface area contributed by atoms with Gasteiger partial charge in [0, 0.05) is 19.2 Å². The standard InChI is InChI=1S/C23H30ClN3O5.ClH/c1-5-27(6-2)12-11-25-23(29)18-13-19(24)20(14-21(18)31-4)26-22(28)15-32-17-9-7-16(30-3)8-10-17;/h7-10,13-14H,5-6,11-12,15H2,1-4H3,(H,25,29)(H,26,28);1H. The number of rotatable bonds is 12. The van der Waals surface area contributed by atoms with E-state index in [4.69, 9.17) is 25.8 Å². The molecule has 8 nitrogen and oxygen atoms in total. The summed E-state index contributed by atoms with van der Waals surface area (Å²) in [5, 5.41) is 5.77. The molecule has 0 spiro atoms. The molecule has 0 heterocycles. The number of carbonyl (C=O) groups is 2. The Labute approximate surface area is 205 Å². The van der Waals surface area contributed by atoms with Gasteiger partial charge < -0.3 is 29.7 Å². The third kappa shape index (κ3) is 8.64. The van der Waals surface area contributed by atoms with Crippen LogP contribution in [0.25, 0.3) is 0 Å². The summed E-state index contributed by atoms with van der Waals surface area (Å²) >= 11 is 6.31. The molecule has 2 amide bonds. The van der Waals surface area contributed by atoms with Crippen LogP contribution >= 0.6 is 24.0 Å². The van der Waals surface area contributed by atoms with Gasteiger partial charge >= 0.3 is 0 Å². The second-order valence-electron chi connectivity index (χ2n) is 6.83. The topological polar surface area (TPSA) is 89.1 Å². The number of carbonyl (C=O) groups excluding carboxylic acids is 2. The molecule has 0 radical (unpaired) electrons. The van der Waals surface area contributed by atoms with E-state index in [1.54, 1.807) is 31.4 Å². The van der Waals surface area contributed by atoms with Gasteiger partial charge in [-0.3, -0.25) is 9.59 Å². The van der Waals surface area contributed by atoms with Crippen LogP contribution in [0.3, 0.4) is 0 Å². The SMILES string of the molecule is CCN(CC)CCNC(=O)c1cc(Cl)c(NC(=O)COc2ccc(OC)cc2)cc1OC.Cl. The molecular weight excluding hydrogens is 469 g/mol. The third-order valence-corrected chi connectivity index (χ3v) is 5.16. The Balaban J connectivity index is 0.00000544. The molecule has 2 N–H and O–H groups in total. The largest absolute Gasteiger partial charge is 0.497 e. The molecule has 0 aromatic heterocycles. The molecule has 0 saturated carbocycles. The van der Waals surface area contributed by atoms with Gasteiger partial charge in [0.05, 0.1) is 30.5 Å². The smallest absolute Gasteiger partial charge is 0.262 e. The monoisotopic (exact) mass is 499 g/mol. The first-order valence-corrected chi connectivity index (χ1v) is 10.7. The molecule has 10 heteroatoms. The van der Waals surface area contributed by atoms with Gasteiger partial charge in [0.1, 0.15) is 17.2 Å². The van der Waals surface area contributed by atoms with E-state index in [-0.39, 0.29) is 29.9 Å². The fourth-order valence-electron chi connectivity index (χ4n) is 2.97. The molecular formula is C23H31Cl2N3O5.